The van der Waals surface area contributed by atoms with E-state index in [4.69, 9.17) is 16.3 Å². The van der Waals surface area contributed by atoms with E-state index in [0.29, 0.717) is 28.8 Å². The third-order valence-corrected chi connectivity index (χ3v) is 5.34. The Bertz CT molecular complexity index is 1140. The summed E-state index contributed by atoms with van der Waals surface area (Å²) in [4.78, 5) is 21.1. The van der Waals surface area contributed by atoms with Crippen molar-refractivity contribution in [3.05, 3.63) is 82.8 Å². The Morgan fingerprint density at radius 3 is 2.79 bits per heavy atom. The highest BCUT2D eigenvalue weighted by molar-refractivity contribution is 7.13. The molecule has 2 aromatic carbocycles. The third kappa shape index (κ3) is 4.64. The van der Waals surface area contributed by atoms with Gasteiger partial charge in [-0.1, -0.05) is 23.7 Å². The first-order chi connectivity index (χ1) is 14.1. The van der Waals surface area contributed by atoms with Crippen LogP contribution in [0.15, 0.2) is 66.3 Å². The fourth-order valence-corrected chi connectivity index (χ4v) is 3.63. The minimum absolute atomic E-state index is 0.267. The number of carbonyl (C=O) groups excluding carboxylic acids is 1. The van der Waals surface area contributed by atoms with Gasteiger partial charge in [0.25, 0.3) is 5.91 Å². The van der Waals surface area contributed by atoms with Crippen molar-refractivity contribution in [3.63, 3.8) is 0 Å². The molecule has 2 heterocycles. The van der Waals surface area contributed by atoms with Crippen LogP contribution in [0.5, 0.6) is 5.75 Å². The van der Waals surface area contributed by atoms with Gasteiger partial charge in [0, 0.05) is 41.1 Å². The molecule has 1 amide bonds. The molecule has 29 heavy (non-hydrogen) atoms. The van der Waals surface area contributed by atoms with E-state index in [1.54, 1.807) is 41.9 Å². The zero-order valence-electron chi connectivity index (χ0n) is 15.5. The molecule has 0 aliphatic carbocycles. The maximum Gasteiger partial charge on any atom is 0.275 e. The fraction of sp³-hybridized carbons (Fsp3) is 0.0952. The van der Waals surface area contributed by atoms with Gasteiger partial charge < -0.3 is 14.6 Å². The Morgan fingerprint density at radius 1 is 1.24 bits per heavy atom. The molecule has 146 valence electrons. The summed E-state index contributed by atoms with van der Waals surface area (Å²) in [6.07, 6.45) is 3.60. The van der Waals surface area contributed by atoms with Gasteiger partial charge in [0.15, 0.2) is 0 Å². The van der Waals surface area contributed by atoms with E-state index in [0.717, 1.165) is 16.4 Å². The number of ether oxygens (including phenoxy) is 1. The number of carbonyl (C=O) groups is 1. The number of nitrogens with one attached hydrogen (secondary N) is 1. The molecule has 6 nitrogen and oxygen atoms in total. The van der Waals surface area contributed by atoms with Crippen LogP contribution in [0.25, 0.3) is 10.6 Å². The first-order valence-corrected chi connectivity index (χ1v) is 10.1. The normalized spacial score (nSPS) is 10.7. The quantitative estimate of drug-likeness (QED) is 0.471. The topological polar surface area (TPSA) is 69.0 Å². The van der Waals surface area contributed by atoms with Crippen LogP contribution in [0, 0.1) is 0 Å². The Labute approximate surface area is 176 Å². The van der Waals surface area contributed by atoms with Crippen LogP contribution >= 0.6 is 22.9 Å². The standard InChI is InChI=1S/C21H17ClN4O2S/c1-26-10-9-23-19(26)12-28-17-7-5-16(6-8-17)24-20(27)18-13-29-21(25-18)14-3-2-4-15(22)11-14/h2-11,13H,12H2,1H3,(H,24,27). The molecule has 0 radical (unpaired) electrons. The van der Waals surface area contributed by atoms with Gasteiger partial charge in [0.05, 0.1) is 0 Å². The number of rotatable bonds is 6. The first kappa shape index (κ1) is 19.2. The second-order valence-corrected chi connectivity index (χ2v) is 7.56. The van der Waals surface area contributed by atoms with Crippen molar-refractivity contribution in [3.8, 4) is 16.3 Å². The largest absolute Gasteiger partial charge is 0.486 e. The number of amides is 1. The molecular weight excluding hydrogens is 408 g/mol. The lowest BCUT2D eigenvalue weighted by atomic mass is 10.2. The maximum absolute atomic E-state index is 12.5. The summed E-state index contributed by atoms with van der Waals surface area (Å²) < 4.78 is 7.62. The van der Waals surface area contributed by atoms with E-state index in [1.165, 1.54) is 11.3 Å². The molecule has 0 saturated heterocycles. The number of benzene rings is 2. The van der Waals surface area contributed by atoms with Crippen molar-refractivity contribution in [2.45, 2.75) is 6.61 Å². The molecular formula is C21H17ClN4O2S. The van der Waals surface area contributed by atoms with Crippen LogP contribution in [0.3, 0.4) is 0 Å². The van der Waals surface area contributed by atoms with Crippen molar-refractivity contribution in [1.29, 1.82) is 0 Å². The van der Waals surface area contributed by atoms with Crippen molar-refractivity contribution in [2.24, 2.45) is 7.05 Å². The van der Waals surface area contributed by atoms with Gasteiger partial charge in [-0.25, -0.2) is 9.97 Å². The zero-order valence-corrected chi connectivity index (χ0v) is 17.1. The molecule has 2 aromatic heterocycles. The van der Waals surface area contributed by atoms with Gasteiger partial charge in [-0.15, -0.1) is 11.3 Å². The van der Waals surface area contributed by atoms with Crippen LogP contribution in [0.4, 0.5) is 5.69 Å². The Morgan fingerprint density at radius 2 is 2.07 bits per heavy atom. The lowest BCUT2D eigenvalue weighted by Crippen LogP contribution is -2.12. The van der Waals surface area contributed by atoms with Crippen molar-refractivity contribution in [1.82, 2.24) is 14.5 Å². The van der Waals surface area contributed by atoms with Gasteiger partial charge in [-0.05, 0) is 36.4 Å². The lowest BCUT2D eigenvalue weighted by Gasteiger charge is -2.08. The molecule has 0 fully saturated rings. The Hall–Kier alpha value is -3.16. The zero-order chi connectivity index (χ0) is 20.2. The summed E-state index contributed by atoms with van der Waals surface area (Å²) in [5.74, 6) is 1.26. The summed E-state index contributed by atoms with van der Waals surface area (Å²) in [7, 11) is 1.92. The molecule has 1 N–H and O–H groups in total. The van der Waals surface area contributed by atoms with Crippen LogP contribution in [-0.4, -0.2) is 20.4 Å². The highest BCUT2D eigenvalue weighted by atomic mass is 35.5. The number of thiazole rings is 1. The molecule has 0 aliphatic heterocycles. The number of hydrogen-bond donors (Lipinski definition) is 1. The number of anilines is 1. The van der Waals surface area contributed by atoms with Crippen molar-refractivity contribution in [2.75, 3.05) is 5.32 Å². The van der Waals surface area contributed by atoms with Crippen LogP contribution in [-0.2, 0) is 13.7 Å². The number of aryl methyl sites for hydroxylation is 1. The molecule has 4 aromatic rings. The minimum atomic E-state index is -0.267. The van der Waals surface area contributed by atoms with Crippen LogP contribution in [0.2, 0.25) is 5.02 Å². The Balaban J connectivity index is 1.38. The van der Waals surface area contributed by atoms with Crippen molar-refractivity contribution < 1.29 is 9.53 Å². The molecule has 0 atom stereocenters. The van der Waals surface area contributed by atoms with E-state index < -0.39 is 0 Å². The monoisotopic (exact) mass is 424 g/mol. The van der Waals surface area contributed by atoms with Gasteiger partial charge >= 0.3 is 0 Å². The smallest absolute Gasteiger partial charge is 0.275 e. The molecule has 0 bridgehead atoms. The second kappa shape index (κ2) is 8.46. The second-order valence-electron chi connectivity index (χ2n) is 6.27. The summed E-state index contributed by atoms with van der Waals surface area (Å²) in [5.41, 5.74) is 1.91. The predicted octanol–water partition coefficient (Wildman–Crippen LogP) is 5.03. The first-order valence-electron chi connectivity index (χ1n) is 8.80. The highest BCUT2D eigenvalue weighted by Gasteiger charge is 2.12. The van der Waals surface area contributed by atoms with Gasteiger partial charge in [0.1, 0.15) is 28.9 Å². The van der Waals surface area contributed by atoms with E-state index in [9.17, 15) is 4.79 Å². The minimum Gasteiger partial charge on any atom is -0.486 e. The molecule has 0 saturated carbocycles. The summed E-state index contributed by atoms with van der Waals surface area (Å²) >= 11 is 7.43. The molecule has 0 spiro atoms. The average Bonchev–Trinajstić information content (AvgIpc) is 3.37. The van der Waals surface area contributed by atoms with Gasteiger partial charge in [-0.2, -0.15) is 0 Å². The van der Waals surface area contributed by atoms with Crippen LogP contribution < -0.4 is 10.1 Å². The average molecular weight is 425 g/mol. The predicted molar refractivity (Wildman–Crippen MR) is 114 cm³/mol. The van der Waals surface area contributed by atoms with Gasteiger partial charge in [-0.3, -0.25) is 4.79 Å². The third-order valence-electron chi connectivity index (χ3n) is 4.21. The Kier molecular flexibility index (Phi) is 5.59. The molecule has 0 aliphatic rings. The summed E-state index contributed by atoms with van der Waals surface area (Å²) in [5, 5.41) is 5.96. The highest BCUT2D eigenvalue weighted by Crippen LogP contribution is 2.26. The summed E-state index contributed by atoms with van der Waals surface area (Å²) in [6.45, 7) is 0.375. The maximum atomic E-state index is 12.5. The fourth-order valence-electron chi connectivity index (χ4n) is 2.65. The SMILES string of the molecule is Cn1ccnc1COc1ccc(NC(=O)c2csc(-c3cccc(Cl)c3)n2)cc1. The number of nitrogens with zero attached hydrogens (tertiary/aromatic N) is 3. The van der Waals surface area contributed by atoms with E-state index in [-0.39, 0.29) is 5.91 Å². The van der Waals surface area contributed by atoms with E-state index >= 15 is 0 Å². The van der Waals surface area contributed by atoms with Crippen LogP contribution in [0.1, 0.15) is 16.3 Å². The number of hydrogen-bond acceptors (Lipinski definition) is 5. The lowest BCUT2D eigenvalue weighted by molar-refractivity contribution is 0.102. The van der Waals surface area contributed by atoms with E-state index in [1.807, 2.05) is 36.0 Å². The van der Waals surface area contributed by atoms with Crippen molar-refractivity contribution >= 4 is 34.5 Å². The molecule has 4 rings (SSSR count). The molecule has 0 unspecified atom stereocenters. The van der Waals surface area contributed by atoms with Gasteiger partial charge in [0.2, 0.25) is 0 Å². The number of halogens is 1. The summed E-state index contributed by atoms with van der Waals surface area (Å²) in [6, 6.07) is 14.6. The number of imidazole rings is 1. The number of aromatic nitrogens is 3. The molecule has 8 heteroatoms. The van der Waals surface area contributed by atoms with E-state index in [2.05, 4.69) is 15.3 Å².